The fourth-order valence-electron chi connectivity index (χ4n) is 11.8. The number of para-hydroxylation sites is 1. The number of hydrogen-bond acceptors (Lipinski definition) is 2. The Bertz CT molecular complexity index is 2730. The molecule has 6 aromatic rings. The summed E-state index contributed by atoms with van der Waals surface area (Å²) < 4.78 is 73.0. The van der Waals surface area contributed by atoms with Gasteiger partial charge in [-0.05, 0) is 150 Å². The van der Waals surface area contributed by atoms with Gasteiger partial charge in [-0.25, -0.2) is 0 Å². The van der Waals surface area contributed by atoms with Gasteiger partial charge in [0.2, 0.25) is 0 Å². The topological polar surface area (TPSA) is 16.4 Å². The van der Waals surface area contributed by atoms with E-state index in [-0.39, 0.29) is 65.0 Å². The van der Waals surface area contributed by atoms with Gasteiger partial charge < -0.3 is 9.32 Å². The summed E-state index contributed by atoms with van der Waals surface area (Å²) in [5, 5.41) is 1.88. The van der Waals surface area contributed by atoms with Crippen molar-refractivity contribution in [1.29, 1.82) is 0 Å². The molecule has 5 aromatic carbocycles. The van der Waals surface area contributed by atoms with E-state index in [1.54, 1.807) is 0 Å². The lowest BCUT2D eigenvalue weighted by atomic mass is 9.43. The summed E-state index contributed by atoms with van der Waals surface area (Å²) in [5.41, 5.74) is 7.23. The van der Waals surface area contributed by atoms with Gasteiger partial charge in [-0.3, -0.25) is 0 Å². The van der Waals surface area contributed by atoms with Crippen LogP contribution in [-0.4, -0.2) is 0 Å². The van der Waals surface area contributed by atoms with Crippen LogP contribution in [0.3, 0.4) is 0 Å². The molecule has 0 amide bonds. The second-order valence-electron chi connectivity index (χ2n) is 17.5. The van der Waals surface area contributed by atoms with Crippen molar-refractivity contribution in [2.45, 2.75) is 88.9 Å². The van der Waals surface area contributed by atoms with E-state index in [2.05, 4.69) is 56.9 Å². The third-order valence-electron chi connectivity index (χ3n) is 14.0. The molecule has 2 heteroatoms. The molecule has 1 aromatic heterocycles. The lowest BCUT2D eigenvalue weighted by molar-refractivity contribution is -0.0399. The average molecular weight is 661 g/mol. The molecule has 0 atom stereocenters. The van der Waals surface area contributed by atoms with E-state index in [9.17, 15) is 6.85 Å². The number of nitrogens with zero attached hydrogens (tertiary/aromatic N) is 1. The summed E-state index contributed by atoms with van der Waals surface area (Å²) in [6.45, 7) is 9.20. The van der Waals surface area contributed by atoms with Crippen molar-refractivity contribution in [3.8, 4) is 11.1 Å². The fraction of sp³-hybridized carbons (Fsp3) is 0.375. The van der Waals surface area contributed by atoms with E-state index in [4.69, 9.17) is 7.16 Å². The first-order chi connectivity index (χ1) is 27.1. The first kappa shape index (κ1) is 23.2. The molecule has 1 spiro atoms. The number of furan rings is 1. The summed E-state index contributed by atoms with van der Waals surface area (Å²) in [4.78, 5) is 2.07. The first-order valence-electron chi connectivity index (χ1n) is 22.2. The van der Waals surface area contributed by atoms with E-state index in [1.165, 1.54) is 17.5 Å². The van der Waals surface area contributed by atoms with Crippen molar-refractivity contribution < 1.29 is 14.0 Å². The van der Waals surface area contributed by atoms with Crippen LogP contribution in [0.25, 0.3) is 33.1 Å². The highest BCUT2D eigenvalue weighted by atomic mass is 16.3. The largest absolute Gasteiger partial charge is 0.456 e. The summed E-state index contributed by atoms with van der Waals surface area (Å²) in [5.74, 6) is 1.32. The lowest BCUT2D eigenvalue weighted by Gasteiger charge is -2.61. The molecule has 2 nitrogen and oxygen atoms in total. The molecule has 0 radical (unpaired) electrons. The maximum absolute atomic E-state index is 9.93. The Balaban J connectivity index is 1.29. The predicted octanol–water partition coefficient (Wildman–Crippen LogP) is 13.1. The molecule has 0 saturated heterocycles. The van der Waals surface area contributed by atoms with Crippen LogP contribution < -0.4 is 4.90 Å². The van der Waals surface area contributed by atoms with Crippen LogP contribution in [0.2, 0.25) is 0 Å². The van der Waals surface area contributed by atoms with Crippen LogP contribution in [0.15, 0.2) is 107 Å². The molecule has 50 heavy (non-hydrogen) atoms. The summed E-state index contributed by atoms with van der Waals surface area (Å²) >= 11 is 0. The Morgan fingerprint density at radius 2 is 1.28 bits per heavy atom. The maximum atomic E-state index is 9.93. The summed E-state index contributed by atoms with van der Waals surface area (Å²) in [6, 6.07) is 19.6. The van der Waals surface area contributed by atoms with Crippen molar-refractivity contribution in [3.63, 3.8) is 0 Å². The second-order valence-corrected chi connectivity index (χ2v) is 17.5. The highest BCUT2D eigenvalue weighted by Gasteiger charge is 2.61. The smallest absolute Gasteiger partial charge is 0.135 e. The zero-order chi connectivity index (χ0) is 39.7. The molecule has 0 N–H and O–H groups in total. The van der Waals surface area contributed by atoms with Crippen LogP contribution in [0, 0.1) is 23.7 Å². The minimum Gasteiger partial charge on any atom is -0.456 e. The van der Waals surface area contributed by atoms with E-state index < -0.39 is 5.41 Å². The molecule has 1 heterocycles. The van der Waals surface area contributed by atoms with Gasteiger partial charge in [0.25, 0.3) is 0 Å². The summed E-state index contributed by atoms with van der Waals surface area (Å²) in [6.07, 6.45) is 7.08. The molecule has 6 aliphatic carbocycles. The van der Waals surface area contributed by atoms with Gasteiger partial charge in [-0.2, -0.15) is 0 Å². The Morgan fingerprint density at radius 1 is 0.620 bits per heavy atom. The van der Waals surface area contributed by atoms with Crippen LogP contribution in [0.4, 0.5) is 17.1 Å². The second kappa shape index (κ2) is 9.93. The predicted molar refractivity (Wildman–Crippen MR) is 207 cm³/mol. The number of rotatable bonds is 3. The SMILES string of the molecule is [2H]c1c([2H])c([2H])c2c(c1[2H])-c1c(N(c3ccc4c(c3)C(C)(C)CCC4(C)C)c3ccc4oc5ccccc5c4c3)c([2H])c([2H])c([2H])c1C21C2CC3CC(C2)CC1C3. The minimum atomic E-state index is -0.831. The summed E-state index contributed by atoms with van der Waals surface area (Å²) in [7, 11) is 0. The van der Waals surface area contributed by atoms with Gasteiger partial charge in [0.05, 0.1) is 15.3 Å². The number of fused-ring (bicyclic) bond motifs is 7. The van der Waals surface area contributed by atoms with Gasteiger partial charge in [0.1, 0.15) is 11.2 Å². The molecule has 6 aliphatic rings. The van der Waals surface area contributed by atoms with E-state index in [1.807, 2.05) is 36.4 Å². The molecule has 4 fully saturated rings. The van der Waals surface area contributed by atoms with Gasteiger partial charge in [-0.15, -0.1) is 0 Å². The van der Waals surface area contributed by atoms with Crippen molar-refractivity contribution in [2.24, 2.45) is 23.7 Å². The third-order valence-corrected chi connectivity index (χ3v) is 14.0. The van der Waals surface area contributed by atoms with Gasteiger partial charge in [-0.1, -0.05) is 88.2 Å². The van der Waals surface area contributed by atoms with Crippen molar-refractivity contribution in [1.82, 2.24) is 0 Å². The Labute approximate surface area is 306 Å². The van der Waals surface area contributed by atoms with Gasteiger partial charge >= 0.3 is 0 Å². The zero-order valence-electron chi connectivity index (χ0n) is 36.4. The van der Waals surface area contributed by atoms with E-state index in [0.717, 1.165) is 71.8 Å². The van der Waals surface area contributed by atoms with Crippen LogP contribution in [0.5, 0.6) is 0 Å². The maximum Gasteiger partial charge on any atom is 0.135 e. The Kier molecular flexibility index (Phi) is 4.61. The molecule has 4 saturated carbocycles. The molecule has 0 aliphatic heterocycles. The van der Waals surface area contributed by atoms with E-state index >= 15 is 0 Å². The molecule has 250 valence electrons. The van der Waals surface area contributed by atoms with Crippen molar-refractivity contribution >= 4 is 39.0 Å². The van der Waals surface area contributed by atoms with Crippen LogP contribution in [-0.2, 0) is 16.2 Å². The van der Waals surface area contributed by atoms with Crippen molar-refractivity contribution in [2.75, 3.05) is 4.90 Å². The van der Waals surface area contributed by atoms with Gasteiger partial charge in [0, 0.05) is 33.1 Å². The Morgan fingerprint density at radius 3 is 2.08 bits per heavy atom. The average Bonchev–Trinajstić information content (AvgIpc) is 3.72. The van der Waals surface area contributed by atoms with Crippen molar-refractivity contribution in [3.05, 3.63) is 125 Å². The monoisotopic (exact) mass is 660 g/mol. The highest BCUT2D eigenvalue weighted by Crippen LogP contribution is 2.70. The molecule has 12 rings (SSSR count). The third kappa shape index (κ3) is 3.81. The number of benzene rings is 5. The molecular weight excluding hydrogens is 607 g/mol. The van der Waals surface area contributed by atoms with E-state index in [0.29, 0.717) is 39.8 Å². The molecular formula is C48H47NO. The number of anilines is 3. The Hall–Kier alpha value is -4.30. The van der Waals surface area contributed by atoms with Crippen LogP contribution >= 0.6 is 0 Å². The standard InChI is InChI=1S/C48H47NO/c1-46(2)20-21-47(3,4)41-28-34(16-18-39(41)46)49(33-17-19-44-37(27-33)35-10-6-8-15-43(35)50-44)42-14-9-13-40-45(42)36-11-5-7-12-38(36)48(40)31-23-29-22-30(25-31)26-32(48)24-29/h5-19,27-32H,20-26H2,1-4H3/i5D,7D,9D,11D,12D,13D,14D. The van der Waals surface area contributed by atoms with Crippen LogP contribution in [0.1, 0.15) is 104 Å². The zero-order valence-corrected chi connectivity index (χ0v) is 29.4. The quantitative estimate of drug-likeness (QED) is 0.188. The first-order valence-corrected chi connectivity index (χ1v) is 18.7. The highest BCUT2D eigenvalue weighted by molar-refractivity contribution is 6.07. The minimum absolute atomic E-state index is 0.0103. The normalized spacial score (nSPS) is 29.8. The fourth-order valence-corrected chi connectivity index (χ4v) is 11.8. The molecule has 0 unspecified atom stereocenters. The number of hydrogen-bond donors (Lipinski definition) is 0. The lowest BCUT2D eigenvalue weighted by Crippen LogP contribution is -2.55. The van der Waals surface area contributed by atoms with Gasteiger partial charge in [0.15, 0.2) is 0 Å². The molecule has 4 bridgehead atoms.